The fourth-order valence-corrected chi connectivity index (χ4v) is 0.460. The van der Waals surface area contributed by atoms with Crippen LogP contribution in [-0.2, 0) is 13.2 Å². The molecule has 0 spiro atoms. The van der Waals surface area contributed by atoms with Crippen molar-refractivity contribution in [3.8, 4) is 0 Å². The fraction of sp³-hybridized carbons (Fsp3) is 0. The van der Waals surface area contributed by atoms with Crippen LogP contribution in [0.2, 0.25) is 0 Å². The summed E-state index contributed by atoms with van der Waals surface area (Å²) in [6.45, 7) is 0. The average molecular weight is 339 g/mol. The van der Waals surface area contributed by atoms with Gasteiger partial charge in [0.2, 0.25) is 0 Å². The van der Waals surface area contributed by atoms with Crippen LogP contribution in [0, 0.1) is 11.6 Å². The van der Waals surface area contributed by atoms with Gasteiger partial charge in [0.1, 0.15) is 11.6 Å². The van der Waals surface area contributed by atoms with E-state index in [0.717, 1.165) is 6.07 Å². The Bertz CT molecular complexity index is 190. The van der Waals surface area contributed by atoms with Crippen molar-refractivity contribution in [1.82, 2.24) is 0 Å². The van der Waals surface area contributed by atoms with Gasteiger partial charge in [-0.05, 0) is 12.1 Å². The fourth-order valence-electron chi connectivity index (χ4n) is 0.460. The van der Waals surface area contributed by atoms with Crippen molar-refractivity contribution in [1.29, 1.82) is 0 Å². The van der Waals surface area contributed by atoms with Gasteiger partial charge < -0.3 is 0 Å². The number of rotatable bonds is 0. The van der Waals surface area contributed by atoms with Crippen molar-refractivity contribution in [2.45, 2.75) is 0 Å². The third-order valence-corrected chi connectivity index (χ3v) is 0.787. The van der Waals surface area contributed by atoms with E-state index in [-0.39, 0.29) is 13.2 Å². The summed E-state index contributed by atoms with van der Waals surface area (Å²) < 4.78 is 23.9. The third kappa shape index (κ3) is 7.04. The van der Waals surface area contributed by atoms with E-state index in [1.807, 2.05) is 0 Å². The monoisotopic (exact) mass is 336 g/mol. The first-order valence-electron chi connectivity index (χ1n) is 2.73. The molecule has 0 aliphatic heterocycles. The van der Waals surface area contributed by atoms with Crippen molar-refractivity contribution < 1.29 is 22.0 Å². The van der Waals surface area contributed by atoms with E-state index in [1.54, 1.807) is 0 Å². The van der Waals surface area contributed by atoms with Crippen LogP contribution >= 0.6 is 27.2 Å². The topological polar surface area (TPSA) is 0 Å². The average Bonchev–Trinajstić information content (AvgIpc) is 1.88. The number of benzene rings is 1. The molecule has 5 heteroatoms. The molecule has 0 aliphatic rings. The second-order valence-corrected chi connectivity index (χ2v) is 15.6. The molecule has 0 heterocycles. The van der Waals surface area contributed by atoms with E-state index < -0.39 is 11.6 Å². The molecule has 0 amide bonds. The zero-order valence-corrected chi connectivity index (χ0v) is 11.7. The maximum atomic E-state index is 11.9. The Balaban J connectivity index is 0.000000292. The molecule has 1 rings (SSSR count). The summed E-state index contributed by atoms with van der Waals surface area (Å²) in [5, 5.41) is 0. The van der Waals surface area contributed by atoms with Crippen LogP contribution < -0.4 is 0 Å². The summed E-state index contributed by atoms with van der Waals surface area (Å²) in [5.74, 6) is -1.07. The second-order valence-electron chi connectivity index (χ2n) is 1.54. The zero-order chi connectivity index (χ0) is 8.69. The minimum atomic E-state index is -0.537. The predicted molar refractivity (Wildman–Crippen MR) is 44.2 cm³/mol. The number of hydrogen-bond acceptors (Lipinski definition) is 0. The summed E-state index contributed by atoms with van der Waals surface area (Å²) in [5.41, 5.74) is 0. The Labute approximate surface area is 84.7 Å². The van der Waals surface area contributed by atoms with Gasteiger partial charge in [0.15, 0.2) is 0 Å². The van der Waals surface area contributed by atoms with Crippen LogP contribution in [0.4, 0.5) is 8.78 Å². The SMILES string of the molecule is Fc1cccc(F)c1.[Br][Zn][Br]. The molecule has 0 saturated carbocycles. The molecule has 0 fully saturated rings. The maximum absolute atomic E-state index is 11.9. The first kappa shape index (κ1) is 11.7. The van der Waals surface area contributed by atoms with Crippen LogP contribution in [0.3, 0.4) is 0 Å². The van der Waals surface area contributed by atoms with E-state index in [2.05, 4.69) is 27.2 Å². The Morgan fingerprint density at radius 2 is 1.45 bits per heavy atom. The first-order chi connectivity index (χ1) is 5.20. The Kier molecular flexibility index (Phi) is 7.76. The van der Waals surface area contributed by atoms with E-state index in [0.29, 0.717) is 0 Å². The van der Waals surface area contributed by atoms with E-state index in [4.69, 9.17) is 0 Å². The molecule has 58 valence electrons. The van der Waals surface area contributed by atoms with Gasteiger partial charge in [0.25, 0.3) is 0 Å². The molecule has 0 atom stereocenters. The standard InChI is InChI=1S/C6H4F2.2BrH.Zn/c7-5-2-1-3-6(8)4-5;;;/h1-4H;2*1H;/q;;;+2/p-2. The van der Waals surface area contributed by atoms with Crippen molar-refractivity contribution >= 4 is 27.2 Å². The van der Waals surface area contributed by atoms with E-state index >= 15 is 0 Å². The van der Waals surface area contributed by atoms with Crippen LogP contribution in [-0.4, -0.2) is 0 Å². The minimum absolute atomic E-state index is 0.250. The Hall–Kier alpha value is 0.663. The molecule has 0 aromatic heterocycles. The Morgan fingerprint density at radius 3 is 1.64 bits per heavy atom. The molecule has 0 saturated heterocycles. The van der Waals surface area contributed by atoms with Gasteiger partial charge in [0.05, 0.1) is 0 Å². The summed E-state index contributed by atoms with van der Waals surface area (Å²) in [7, 11) is 0. The second kappa shape index (κ2) is 7.32. The number of hydrogen-bond donors (Lipinski definition) is 0. The molecule has 1 aromatic rings. The summed E-state index contributed by atoms with van der Waals surface area (Å²) in [4.78, 5) is 0. The first-order valence-corrected chi connectivity index (χ1v) is 16.6. The molecule has 0 unspecified atom stereocenters. The van der Waals surface area contributed by atoms with E-state index in [1.165, 1.54) is 18.2 Å². The van der Waals surface area contributed by atoms with Gasteiger partial charge in [-0.2, -0.15) is 0 Å². The van der Waals surface area contributed by atoms with Crippen molar-refractivity contribution in [2.24, 2.45) is 0 Å². The van der Waals surface area contributed by atoms with Crippen LogP contribution in [0.15, 0.2) is 24.3 Å². The number of halogens is 4. The molecule has 0 aliphatic carbocycles. The molecule has 11 heavy (non-hydrogen) atoms. The quantitative estimate of drug-likeness (QED) is 0.633. The Morgan fingerprint density at radius 1 is 1.09 bits per heavy atom. The van der Waals surface area contributed by atoms with Gasteiger partial charge in [0, 0.05) is 6.07 Å². The summed E-state index contributed by atoms with van der Waals surface area (Å²) in [6, 6.07) is 4.55. The van der Waals surface area contributed by atoms with Crippen molar-refractivity contribution in [3.63, 3.8) is 0 Å². The van der Waals surface area contributed by atoms with Crippen molar-refractivity contribution in [3.05, 3.63) is 35.9 Å². The normalized spacial score (nSPS) is 7.64. The van der Waals surface area contributed by atoms with Gasteiger partial charge in [-0.15, -0.1) is 0 Å². The molecule has 0 radical (unpaired) electrons. The van der Waals surface area contributed by atoms with Crippen molar-refractivity contribution in [2.75, 3.05) is 0 Å². The third-order valence-electron chi connectivity index (χ3n) is 0.787. The van der Waals surface area contributed by atoms with E-state index in [9.17, 15) is 8.78 Å². The zero-order valence-electron chi connectivity index (χ0n) is 5.53. The van der Waals surface area contributed by atoms with Gasteiger partial charge in [-0.3, -0.25) is 0 Å². The molecule has 0 N–H and O–H groups in total. The van der Waals surface area contributed by atoms with Crippen LogP contribution in [0.25, 0.3) is 0 Å². The molecule has 1 aromatic carbocycles. The molecular weight excluding hydrogens is 335 g/mol. The van der Waals surface area contributed by atoms with Crippen LogP contribution in [0.5, 0.6) is 0 Å². The summed E-state index contributed by atoms with van der Waals surface area (Å²) in [6.07, 6.45) is 0. The van der Waals surface area contributed by atoms with Gasteiger partial charge in [-0.25, -0.2) is 8.78 Å². The van der Waals surface area contributed by atoms with Gasteiger partial charge >= 0.3 is 40.5 Å². The summed E-state index contributed by atoms with van der Waals surface area (Å²) >= 11 is 6.25. The molecule has 0 nitrogen and oxygen atoms in total. The molecule has 0 bridgehead atoms. The van der Waals surface area contributed by atoms with Gasteiger partial charge in [-0.1, -0.05) is 6.07 Å². The predicted octanol–water partition coefficient (Wildman–Crippen LogP) is 3.65. The molecular formula is C6H4Br2F2Zn. The van der Waals surface area contributed by atoms with Crippen LogP contribution in [0.1, 0.15) is 0 Å².